The summed E-state index contributed by atoms with van der Waals surface area (Å²) < 4.78 is 1.60. The van der Waals surface area contributed by atoms with Gasteiger partial charge in [-0.25, -0.2) is 0 Å². The summed E-state index contributed by atoms with van der Waals surface area (Å²) in [6.07, 6.45) is 0. The number of nitrogens with two attached hydrogens (primary N) is 1. The van der Waals surface area contributed by atoms with E-state index >= 15 is 0 Å². The lowest BCUT2D eigenvalue weighted by Gasteiger charge is -2.21. The summed E-state index contributed by atoms with van der Waals surface area (Å²) in [5.41, 5.74) is 7.98. The molecule has 0 aliphatic rings. The minimum absolute atomic E-state index is 0.111. The second-order valence-electron chi connectivity index (χ2n) is 5.53. The van der Waals surface area contributed by atoms with Crippen LogP contribution in [0.3, 0.4) is 0 Å². The number of nitrogens with zero attached hydrogens (tertiary/aromatic N) is 2. The van der Waals surface area contributed by atoms with Crippen molar-refractivity contribution in [2.45, 2.75) is 26.2 Å². The van der Waals surface area contributed by atoms with Crippen molar-refractivity contribution in [3.8, 4) is 17.0 Å². The Bertz CT molecular complexity index is 560. The van der Waals surface area contributed by atoms with Crippen LogP contribution in [0.25, 0.3) is 11.3 Å². The zero-order chi connectivity index (χ0) is 13.5. The molecule has 4 nitrogen and oxygen atoms in total. The summed E-state index contributed by atoms with van der Waals surface area (Å²) in [6, 6.07) is 7.49. The van der Waals surface area contributed by atoms with Crippen LogP contribution >= 0.6 is 0 Å². The van der Waals surface area contributed by atoms with Gasteiger partial charge in [-0.05, 0) is 17.0 Å². The summed E-state index contributed by atoms with van der Waals surface area (Å²) in [7, 11) is 1.78. The summed E-state index contributed by atoms with van der Waals surface area (Å²) in [5, 5.41) is 14.7. The summed E-state index contributed by atoms with van der Waals surface area (Å²) >= 11 is 0. The van der Waals surface area contributed by atoms with Gasteiger partial charge < -0.3 is 10.8 Å². The Labute approximate surface area is 107 Å². The Morgan fingerprint density at radius 1 is 1.28 bits per heavy atom. The molecule has 3 N–H and O–H groups in total. The Kier molecular flexibility index (Phi) is 2.81. The fraction of sp³-hybridized carbons (Fsp3) is 0.357. The highest BCUT2D eigenvalue weighted by Gasteiger charge is 2.21. The van der Waals surface area contributed by atoms with Crippen LogP contribution in [-0.4, -0.2) is 14.9 Å². The smallest absolute Gasteiger partial charge is 0.128 e. The molecule has 1 heterocycles. The SMILES string of the molecule is Cn1nc(-c2cccc(C(C)(C)C)c2O)cc1N. The molecule has 2 aromatic rings. The molecule has 0 bridgehead atoms. The standard InChI is InChI=1S/C14H19N3O/c1-14(2,3)10-7-5-6-9(13(10)18)11-8-12(15)17(4)16-11/h5-8,18H,15H2,1-4H3. The normalized spacial score (nSPS) is 11.8. The van der Waals surface area contributed by atoms with Crippen molar-refractivity contribution < 1.29 is 5.11 Å². The third-order valence-corrected chi connectivity index (χ3v) is 3.04. The van der Waals surface area contributed by atoms with Gasteiger partial charge in [0.05, 0.1) is 5.69 Å². The van der Waals surface area contributed by atoms with Crippen LogP contribution in [0.2, 0.25) is 0 Å². The highest BCUT2D eigenvalue weighted by atomic mass is 16.3. The minimum Gasteiger partial charge on any atom is -0.507 e. The van der Waals surface area contributed by atoms with E-state index in [0.717, 1.165) is 11.1 Å². The van der Waals surface area contributed by atoms with Crippen LogP contribution in [-0.2, 0) is 12.5 Å². The minimum atomic E-state index is -0.111. The third-order valence-electron chi connectivity index (χ3n) is 3.04. The monoisotopic (exact) mass is 245 g/mol. The van der Waals surface area contributed by atoms with Crippen LogP contribution in [0.1, 0.15) is 26.3 Å². The molecular formula is C14H19N3O. The van der Waals surface area contributed by atoms with Gasteiger partial charge in [-0.3, -0.25) is 4.68 Å². The fourth-order valence-corrected chi connectivity index (χ4v) is 1.97. The van der Waals surface area contributed by atoms with Crippen molar-refractivity contribution in [1.82, 2.24) is 9.78 Å². The van der Waals surface area contributed by atoms with E-state index in [4.69, 9.17) is 5.73 Å². The maximum atomic E-state index is 10.4. The predicted molar refractivity (Wildman–Crippen MR) is 73.4 cm³/mol. The maximum Gasteiger partial charge on any atom is 0.128 e. The number of anilines is 1. The van der Waals surface area contributed by atoms with E-state index in [-0.39, 0.29) is 11.2 Å². The van der Waals surface area contributed by atoms with Crippen molar-refractivity contribution in [3.05, 3.63) is 29.8 Å². The van der Waals surface area contributed by atoms with Gasteiger partial charge >= 0.3 is 0 Å². The first-order chi connectivity index (χ1) is 8.30. The summed E-state index contributed by atoms with van der Waals surface area (Å²) in [6.45, 7) is 6.20. The van der Waals surface area contributed by atoms with Crippen molar-refractivity contribution in [1.29, 1.82) is 0 Å². The molecule has 0 fully saturated rings. The highest BCUT2D eigenvalue weighted by molar-refractivity contribution is 5.71. The molecular weight excluding hydrogens is 226 g/mol. The molecule has 0 amide bonds. The Balaban J connectivity index is 2.59. The molecule has 0 aliphatic heterocycles. The number of aryl methyl sites for hydroxylation is 1. The van der Waals surface area contributed by atoms with E-state index in [1.54, 1.807) is 17.8 Å². The lowest BCUT2D eigenvalue weighted by molar-refractivity contribution is 0.448. The van der Waals surface area contributed by atoms with Crippen LogP contribution in [0.5, 0.6) is 5.75 Å². The highest BCUT2D eigenvalue weighted by Crippen LogP contribution is 2.37. The van der Waals surface area contributed by atoms with E-state index in [2.05, 4.69) is 25.9 Å². The quantitative estimate of drug-likeness (QED) is 0.811. The zero-order valence-electron chi connectivity index (χ0n) is 11.2. The number of benzene rings is 1. The molecule has 0 unspecified atom stereocenters. The molecule has 0 spiro atoms. The van der Waals surface area contributed by atoms with Gasteiger partial charge in [0, 0.05) is 18.7 Å². The van der Waals surface area contributed by atoms with E-state index in [0.29, 0.717) is 11.5 Å². The van der Waals surface area contributed by atoms with E-state index < -0.39 is 0 Å². The van der Waals surface area contributed by atoms with E-state index in [1.165, 1.54) is 0 Å². The average Bonchev–Trinajstić information content (AvgIpc) is 2.57. The van der Waals surface area contributed by atoms with E-state index in [9.17, 15) is 5.11 Å². The number of phenols is 1. The molecule has 0 saturated heterocycles. The van der Waals surface area contributed by atoms with Crippen LogP contribution in [0.15, 0.2) is 24.3 Å². The van der Waals surface area contributed by atoms with Gasteiger partial charge in [0.2, 0.25) is 0 Å². The number of aromatic hydroxyl groups is 1. The number of rotatable bonds is 1. The van der Waals surface area contributed by atoms with Gasteiger partial charge in [-0.2, -0.15) is 5.10 Å². The zero-order valence-corrected chi connectivity index (χ0v) is 11.2. The molecule has 18 heavy (non-hydrogen) atoms. The lowest BCUT2D eigenvalue weighted by Crippen LogP contribution is -2.11. The third kappa shape index (κ3) is 2.06. The number of hydrogen-bond donors (Lipinski definition) is 2. The Morgan fingerprint density at radius 3 is 2.44 bits per heavy atom. The fourth-order valence-electron chi connectivity index (χ4n) is 1.97. The van der Waals surface area contributed by atoms with Gasteiger partial charge in [0.15, 0.2) is 0 Å². The maximum absolute atomic E-state index is 10.4. The van der Waals surface area contributed by atoms with Crippen molar-refractivity contribution in [2.24, 2.45) is 7.05 Å². The Hall–Kier alpha value is -1.97. The first kappa shape index (κ1) is 12.5. The number of nitrogen functional groups attached to an aromatic ring is 1. The van der Waals surface area contributed by atoms with Crippen LogP contribution in [0.4, 0.5) is 5.82 Å². The van der Waals surface area contributed by atoms with Crippen LogP contribution < -0.4 is 5.73 Å². The molecule has 0 saturated carbocycles. The topological polar surface area (TPSA) is 64.1 Å². The van der Waals surface area contributed by atoms with Gasteiger partial charge in [0.25, 0.3) is 0 Å². The lowest BCUT2D eigenvalue weighted by atomic mass is 9.85. The first-order valence-electron chi connectivity index (χ1n) is 5.93. The number of para-hydroxylation sites is 1. The average molecular weight is 245 g/mol. The van der Waals surface area contributed by atoms with Gasteiger partial charge in [-0.15, -0.1) is 0 Å². The van der Waals surface area contributed by atoms with Gasteiger partial charge in [-0.1, -0.05) is 32.9 Å². The number of phenolic OH excluding ortho intramolecular Hbond substituents is 1. The molecule has 1 aromatic carbocycles. The van der Waals surface area contributed by atoms with Crippen molar-refractivity contribution in [2.75, 3.05) is 5.73 Å². The first-order valence-corrected chi connectivity index (χ1v) is 5.93. The number of hydrogen-bond acceptors (Lipinski definition) is 3. The van der Waals surface area contributed by atoms with Crippen LogP contribution in [0, 0.1) is 0 Å². The largest absolute Gasteiger partial charge is 0.507 e. The number of aromatic nitrogens is 2. The van der Waals surface area contributed by atoms with E-state index in [1.807, 2.05) is 18.2 Å². The van der Waals surface area contributed by atoms with Crippen molar-refractivity contribution in [3.63, 3.8) is 0 Å². The molecule has 96 valence electrons. The molecule has 4 heteroatoms. The molecule has 0 atom stereocenters. The van der Waals surface area contributed by atoms with Crippen molar-refractivity contribution >= 4 is 5.82 Å². The molecule has 2 rings (SSSR count). The molecule has 0 radical (unpaired) electrons. The second kappa shape index (κ2) is 4.05. The molecule has 1 aromatic heterocycles. The summed E-state index contributed by atoms with van der Waals surface area (Å²) in [5.74, 6) is 0.855. The second-order valence-corrected chi connectivity index (χ2v) is 5.53. The summed E-state index contributed by atoms with van der Waals surface area (Å²) in [4.78, 5) is 0. The Morgan fingerprint density at radius 2 is 1.94 bits per heavy atom. The molecule has 0 aliphatic carbocycles. The van der Waals surface area contributed by atoms with Gasteiger partial charge in [0.1, 0.15) is 11.6 Å². The predicted octanol–water partition coefficient (Wildman–Crippen LogP) is 2.67.